The molecule has 4 amide bonds. The van der Waals surface area contributed by atoms with Crippen LogP contribution in [0.5, 0.6) is 11.5 Å². The van der Waals surface area contributed by atoms with Crippen LogP contribution in [0.3, 0.4) is 0 Å². The van der Waals surface area contributed by atoms with Crippen molar-refractivity contribution in [3.63, 3.8) is 0 Å². The summed E-state index contributed by atoms with van der Waals surface area (Å²) in [5.41, 5.74) is 1.58. The molecule has 30 atom stereocenters. The van der Waals surface area contributed by atoms with Gasteiger partial charge >= 0.3 is 5.97 Å². The molecule has 0 unspecified atom stereocenters. The van der Waals surface area contributed by atoms with Crippen molar-refractivity contribution < 1.29 is 187 Å². The maximum absolute atomic E-state index is 13.7. The second-order valence-electron chi connectivity index (χ2n) is 27.2. The van der Waals surface area contributed by atoms with E-state index in [9.17, 15) is 116 Å². The van der Waals surface area contributed by atoms with Crippen LogP contribution in [0.25, 0.3) is 11.1 Å². The molecule has 0 bridgehead atoms. The van der Waals surface area contributed by atoms with E-state index >= 15 is 0 Å². The largest absolute Gasteiger partial charge is 0.484 e. The molecule has 22 N–H and O–H groups in total. The summed E-state index contributed by atoms with van der Waals surface area (Å²) in [5, 5.41) is 201. The number of ether oxygens (including phenoxy) is 15. The van der Waals surface area contributed by atoms with Crippen LogP contribution in [0.1, 0.15) is 42.6 Å². The molecule has 0 radical (unpaired) electrons. The second kappa shape index (κ2) is 42.3. The Balaban J connectivity index is 0.752. The van der Waals surface area contributed by atoms with E-state index in [0.717, 1.165) is 13.8 Å². The van der Waals surface area contributed by atoms with Crippen LogP contribution in [0.2, 0.25) is 0 Å². The van der Waals surface area contributed by atoms with E-state index in [-0.39, 0.29) is 62.8 Å². The van der Waals surface area contributed by atoms with Gasteiger partial charge in [0.15, 0.2) is 51.0 Å². The molecule has 3 aromatic carbocycles. The monoisotopic (exact) mass is 1600 g/mol. The predicted octanol–water partition coefficient (Wildman–Crippen LogP) is -10.3. The fraction of sp³-hybridized carbons (Fsp3) is 0.671. The molecule has 6 heterocycles. The molecule has 112 heavy (non-hydrogen) atoms. The standard InChI is InChI=1S/C70H100N4O38/c1-30(81)73-46-52(89)60(109-69-58(95)62(50(87)40(23-77)105-69)111-67-56(93)54(91)48(85)38(21-75)103-67)42(25-79)107-65(46)98-15-7-13-71-44(83)28-100-36-12-6-11-33(18-36)34-17-35(64(97)102-27-32-9-4-3-5-10-32)20-37(19-34)101-29-45(84)72-14-8-16-99-66-47(74-31(2)82)53(90)61(43(26-80)108-66)110-70-59(96)63(51(88)41(24-78)106-70)112-68-57(94)55(92)49(86)39(22-76)104-68/h3-6,9-12,17-20,38-43,46-63,65-70,75-80,85-96H,7-8,13-16,21-29H2,1-2H3,(H,71,83)(H,72,84)(H,73,81)(H,74,82)/t38-,39-,40-,41-,42-,43-,46-,47-,48+,49+,50+,51+,52-,53-,54+,55+,56-,57-,58-,59-,60-,61-,62+,63+,65-,66-,67-,68-,69+,70+/m1/s1. The Hall–Kier alpha value is -6.59. The van der Waals surface area contributed by atoms with E-state index < -0.39 is 267 Å². The molecule has 3 aromatic rings. The predicted molar refractivity (Wildman–Crippen MR) is 367 cm³/mol. The van der Waals surface area contributed by atoms with Gasteiger partial charge in [0.25, 0.3) is 11.8 Å². The summed E-state index contributed by atoms with van der Waals surface area (Å²) >= 11 is 0. The van der Waals surface area contributed by atoms with Gasteiger partial charge in [0.05, 0.1) is 58.4 Å². The highest BCUT2D eigenvalue weighted by molar-refractivity contribution is 5.92. The average molecular weight is 1610 g/mol. The number of carbonyl (C=O) groups is 5. The number of amides is 4. The number of nitrogens with one attached hydrogen (secondary N) is 4. The quantitative estimate of drug-likeness (QED) is 0.0190. The highest BCUT2D eigenvalue weighted by Crippen LogP contribution is 2.37. The zero-order chi connectivity index (χ0) is 81.2. The van der Waals surface area contributed by atoms with Crippen LogP contribution < -0.4 is 30.7 Å². The zero-order valence-electron chi connectivity index (χ0n) is 60.6. The normalized spacial score (nSPS) is 36.2. The van der Waals surface area contributed by atoms with E-state index in [0.29, 0.717) is 16.7 Å². The number of benzene rings is 3. The van der Waals surface area contributed by atoms with E-state index in [1.807, 2.05) is 0 Å². The van der Waals surface area contributed by atoms with Crippen LogP contribution in [0.15, 0.2) is 72.8 Å². The van der Waals surface area contributed by atoms with Crippen LogP contribution >= 0.6 is 0 Å². The van der Waals surface area contributed by atoms with Crippen molar-refractivity contribution in [2.45, 2.75) is 217 Å². The van der Waals surface area contributed by atoms with Gasteiger partial charge in [-0.25, -0.2) is 4.79 Å². The van der Waals surface area contributed by atoms with Gasteiger partial charge in [0.2, 0.25) is 11.8 Å². The van der Waals surface area contributed by atoms with Crippen molar-refractivity contribution in [2.75, 3.05) is 79.2 Å². The van der Waals surface area contributed by atoms with Gasteiger partial charge in [0, 0.05) is 26.9 Å². The molecule has 9 rings (SSSR count). The molecule has 6 aliphatic rings. The van der Waals surface area contributed by atoms with Crippen molar-refractivity contribution in [3.05, 3.63) is 83.9 Å². The minimum atomic E-state index is -2.04. The van der Waals surface area contributed by atoms with Crippen molar-refractivity contribution >= 4 is 29.6 Å². The molecular weight excluding hydrogens is 1500 g/mol. The summed E-state index contributed by atoms with van der Waals surface area (Å²) in [7, 11) is 0. The molecule has 0 aromatic heterocycles. The van der Waals surface area contributed by atoms with E-state index in [4.69, 9.17) is 71.1 Å². The number of rotatable bonds is 36. The van der Waals surface area contributed by atoms with Gasteiger partial charge in [-0.1, -0.05) is 42.5 Å². The first-order valence-electron chi connectivity index (χ1n) is 36.0. The molecule has 0 aliphatic carbocycles. The minimum absolute atomic E-state index is 0.00476. The van der Waals surface area contributed by atoms with E-state index in [1.54, 1.807) is 60.7 Å². The van der Waals surface area contributed by atoms with Gasteiger partial charge in [-0.05, 0) is 59.9 Å². The molecule has 6 saturated heterocycles. The smallest absolute Gasteiger partial charge is 0.338 e. The Morgan fingerprint density at radius 1 is 0.384 bits per heavy atom. The van der Waals surface area contributed by atoms with Crippen molar-refractivity contribution in [3.8, 4) is 22.6 Å². The Morgan fingerprint density at radius 2 is 0.777 bits per heavy atom. The average Bonchev–Trinajstić information content (AvgIpc) is 0.784. The third-order valence-corrected chi connectivity index (χ3v) is 19.1. The van der Waals surface area contributed by atoms with E-state index in [2.05, 4.69) is 21.3 Å². The van der Waals surface area contributed by atoms with Crippen LogP contribution in [0, 0.1) is 0 Å². The zero-order valence-corrected chi connectivity index (χ0v) is 60.6. The maximum Gasteiger partial charge on any atom is 0.338 e. The van der Waals surface area contributed by atoms with Crippen molar-refractivity contribution in [1.29, 1.82) is 0 Å². The fourth-order valence-corrected chi connectivity index (χ4v) is 13.1. The Morgan fingerprint density at radius 3 is 1.21 bits per heavy atom. The van der Waals surface area contributed by atoms with Crippen LogP contribution in [-0.4, -0.2) is 385 Å². The van der Waals surface area contributed by atoms with Crippen molar-refractivity contribution in [2.24, 2.45) is 0 Å². The molecule has 628 valence electrons. The third kappa shape index (κ3) is 22.7. The lowest BCUT2D eigenvalue weighted by atomic mass is 9.95. The topological polar surface area (TPSA) is 636 Å². The molecule has 6 aliphatic heterocycles. The summed E-state index contributed by atoms with van der Waals surface area (Å²) < 4.78 is 86.1. The number of aliphatic hydroxyl groups excluding tert-OH is 18. The lowest BCUT2D eigenvalue weighted by Gasteiger charge is -2.48. The number of esters is 1. The summed E-state index contributed by atoms with van der Waals surface area (Å²) in [4.78, 5) is 65.0. The Labute approximate surface area is 638 Å². The van der Waals surface area contributed by atoms with Crippen LogP contribution in [-0.2, 0) is 87.4 Å². The maximum atomic E-state index is 13.7. The summed E-state index contributed by atoms with van der Waals surface area (Å²) in [6.07, 6.45) is -48.9. The Kier molecular flexibility index (Phi) is 33.8. The number of hydrogen-bond donors (Lipinski definition) is 22. The first-order valence-corrected chi connectivity index (χ1v) is 36.0. The molecule has 0 saturated carbocycles. The first-order chi connectivity index (χ1) is 53.6. The molecule has 6 fully saturated rings. The summed E-state index contributed by atoms with van der Waals surface area (Å²) in [6.45, 7) is -4.52. The molecular formula is C70H100N4O38. The van der Waals surface area contributed by atoms with Gasteiger partial charge in [0.1, 0.15) is 164 Å². The van der Waals surface area contributed by atoms with Crippen LogP contribution in [0.4, 0.5) is 0 Å². The summed E-state index contributed by atoms with van der Waals surface area (Å²) in [6, 6.07) is 16.9. The summed E-state index contributed by atoms with van der Waals surface area (Å²) in [5.74, 6) is -3.04. The number of hydrogen-bond acceptors (Lipinski definition) is 38. The van der Waals surface area contributed by atoms with Gasteiger partial charge < -0.3 is 184 Å². The lowest BCUT2D eigenvalue weighted by Crippen LogP contribution is -2.68. The highest BCUT2D eigenvalue weighted by Gasteiger charge is 2.57. The van der Waals surface area contributed by atoms with E-state index in [1.165, 1.54) is 12.1 Å². The second-order valence-corrected chi connectivity index (χ2v) is 27.2. The van der Waals surface area contributed by atoms with Crippen molar-refractivity contribution in [1.82, 2.24) is 21.3 Å². The van der Waals surface area contributed by atoms with Gasteiger partial charge in [-0.15, -0.1) is 0 Å². The minimum Gasteiger partial charge on any atom is -0.484 e. The molecule has 0 spiro atoms. The molecule has 42 nitrogen and oxygen atoms in total. The third-order valence-electron chi connectivity index (χ3n) is 19.1. The van der Waals surface area contributed by atoms with Gasteiger partial charge in [-0.2, -0.15) is 0 Å². The SMILES string of the molecule is CC(=O)N[C@H]1[C@H](OCCCNC(=O)COc2cccc(-c3cc(OCC(=O)NCCCO[C@@H]4O[C@H](CO)[C@@H](O[C@@H]5O[C@H](CO)[C@H](O)[C@H](O[C@H]6O[C@H](CO)[C@H](O)[C@H](O)[C@H]6O)[C@H]5O)[C@H](O)[C@H]4NC(C)=O)cc(C(=O)OCc4ccccc4)c3)c2)O[C@H](CO)[C@@H](O[C@@H]2O[C@H](CO)[C@H](O)[C@H](O[C@H]3O[C@H](CO)[C@H](O)[C@H](O)[C@H]3O)[C@H]2O)[C@@H]1O. The number of carbonyl (C=O) groups excluding carboxylic acids is 5. The Bertz CT molecular complexity index is 3450. The number of aliphatic hydroxyl groups is 18. The molecule has 42 heteroatoms. The lowest BCUT2D eigenvalue weighted by molar-refractivity contribution is -0.376. The van der Waals surface area contributed by atoms with Gasteiger partial charge in [-0.3, -0.25) is 19.2 Å². The fourth-order valence-electron chi connectivity index (χ4n) is 13.1. The highest BCUT2D eigenvalue weighted by atomic mass is 16.8. The first kappa shape index (κ1) is 89.3.